The van der Waals surface area contributed by atoms with E-state index in [9.17, 15) is 0 Å². The van der Waals surface area contributed by atoms with Gasteiger partial charge in [0.05, 0.1) is 0 Å². The predicted octanol–water partition coefficient (Wildman–Crippen LogP) is 2.72. The van der Waals surface area contributed by atoms with E-state index in [0.29, 0.717) is 5.54 Å². The van der Waals surface area contributed by atoms with E-state index in [2.05, 4.69) is 67.4 Å². The van der Waals surface area contributed by atoms with E-state index in [1.54, 1.807) is 0 Å². The van der Waals surface area contributed by atoms with Crippen LogP contribution in [0.5, 0.6) is 0 Å². The van der Waals surface area contributed by atoms with Crippen LogP contribution in [0, 0.1) is 0 Å². The first-order valence-electron chi connectivity index (χ1n) is 7.76. The molecule has 0 radical (unpaired) electrons. The van der Waals surface area contributed by atoms with Gasteiger partial charge >= 0.3 is 0 Å². The van der Waals surface area contributed by atoms with Crippen LogP contribution >= 0.6 is 0 Å². The van der Waals surface area contributed by atoms with E-state index in [1.165, 1.54) is 30.5 Å². The van der Waals surface area contributed by atoms with Gasteiger partial charge in [-0.3, -0.25) is 0 Å². The Morgan fingerprint density at radius 3 is 2.40 bits per heavy atom. The van der Waals surface area contributed by atoms with Crippen LogP contribution in [-0.2, 0) is 6.54 Å². The zero-order chi connectivity index (χ0) is 14.6. The summed E-state index contributed by atoms with van der Waals surface area (Å²) >= 11 is 0. The minimum Gasteiger partial charge on any atom is -0.372 e. The summed E-state index contributed by atoms with van der Waals surface area (Å²) in [5.41, 5.74) is 3.13. The summed E-state index contributed by atoms with van der Waals surface area (Å²) in [7, 11) is 6.67. The Bertz CT molecular complexity index is 424. The Balaban J connectivity index is 2.10. The van der Waals surface area contributed by atoms with Crippen molar-refractivity contribution in [3.05, 3.63) is 29.8 Å². The molecule has 0 spiro atoms. The fourth-order valence-corrected chi connectivity index (χ4v) is 3.15. The second-order valence-corrected chi connectivity index (χ2v) is 6.24. The van der Waals surface area contributed by atoms with E-state index in [4.69, 9.17) is 0 Å². The van der Waals surface area contributed by atoms with E-state index in [0.717, 1.165) is 19.6 Å². The number of benzene rings is 1. The Labute approximate surface area is 124 Å². The molecule has 3 nitrogen and oxygen atoms in total. The summed E-state index contributed by atoms with van der Waals surface area (Å²) in [6.45, 7) is 5.23. The predicted molar refractivity (Wildman–Crippen MR) is 87.4 cm³/mol. The molecular weight excluding hydrogens is 246 g/mol. The van der Waals surface area contributed by atoms with Crippen molar-refractivity contribution < 1.29 is 0 Å². The molecule has 0 heterocycles. The third kappa shape index (κ3) is 3.15. The molecule has 1 aliphatic carbocycles. The number of para-hydroxylation sites is 1. The average Bonchev–Trinajstić information content (AvgIpc) is 2.40. The summed E-state index contributed by atoms with van der Waals surface area (Å²) in [5, 5.41) is 3.44. The first-order chi connectivity index (χ1) is 9.59. The van der Waals surface area contributed by atoms with Gasteiger partial charge < -0.3 is 15.1 Å². The van der Waals surface area contributed by atoms with Gasteiger partial charge in [-0.05, 0) is 51.5 Å². The van der Waals surface area contributed by atoms with Crippen molar-refractivity contribution in [2.24, 2.45) is 0 Å². The maximum atomic E-state index is 3.44. The smallest absolute Gasteiger partial charge is 0.0409 e. The Morgan fingerprint density at radius 1 is 1.15 bits per heavy atom. The number of rotatable bonds is 7. The van der Waals surface area contributed by atoms with Crippen LogP contribution in [0.15, 0.2) is 24.3 Å². The molecule has 0 saturated heterocycles. The highest BCUT2D eigenvalue weighted by atomic mass is 15.2. The van der Waals surface area contributed by atoms with Crippen molar-refractivity contribution in [2.75, 3.05) is 39.1 Å². The fraction of sp³-hybridized carbons (Fsp3) is 0.647. The molecule has 0 amide bonds. The molecule has 0 bridgehead atoms. The molecule has 1 aromatic rings. The number of nitrogens with zero attached hydrogens (tertiary/aromatic N) is 2. The van der Waals surface area contributed by atoms with Gasteiger partial charge in [0.25, 0.3) is 0 Å². The Kier molecular flexibility index (Phi) is 5.06. The summed E-state index contributed by atoms with van der Waals surface area (Å²) < 4.78 is 0. The van der Waals surface area contributed by atoms with Crippen molar-refractivity contribution in [1.82, 2.24) is 10.2 Å². The third-order valence-electron chi connectivity index (χ3n) is 4.73. The molecule has 1 aromatic carbocycles. The average molecular weight is 275 g/mol. The Hall–Kier alpha value is -1.06. The number of hydrogen-bond acceptors (Lipinski definition) is 3. The molecule has 0 aliphatic heterocycles. The van der Waals surface area contributed by atoms with Crippen LogP contribution in [0.4, 0.5) is 5.69 Å². The lowest BCUT2D eigenvalue weighted by Gasteiger charge is -2.49. The molecule has 112 valence electrons. The normalized spacial score (nSPS) is 17.1. The lowest BCUT2D eigenvalue weighted by molar-refractivity contribution is 0.0683. The highest BCUT2D eigenvalue weighted by Gasteiger charge is 2.40. The summed E-state index contributed by atoms with van der Waals surface area (Å²) in [6, 6.07) is 8.76. The lowest BCUT2D eigenvalue weighted by atomic mass is 9.75. The van der Waals surface area contributed by atoms with E-state index in [-0.39, 0.29) is 0 Å². The van der Waals surface area contributed by atoms with Gasteiger partial charge in [0.1, 0.15) is 0 Å². The second-order valence-electron chi connectivity index (χ2n) is 6.24. The van der Waals surface area contributed by atoms with Gasteiger partial charge in [0, 0.05) is 31.4 Å². The Morgan fingerprint density at radius 2 is 1.85 bits per heavy atom. The fourth-order valence-electron chi connectivity index (χ4n) is 3.15. The molecule has 1 saturated carbocycles. The highest BCUT2D eigenvalue weighted by molar-refractivity contribution is 5.53. The van der Waals surface area contributed by atoms with Crippen molar-refractivity contribution in [2.45, 2.75) is 38.3 Å². The number of anilines is 1. The zero-order valence-corrected chi connectivity index (χ0v) is 13.4. The van der Waals surface area contributed by atoms with Gasteiger partial charge in [-0.25, -0.2) is 0 Å². The van der Waals surface area contributed by atoms with Crippen LogP contribution < -0.4 is 10.2 Å². The quantitative estimate of drug-likeness (QED) is 0.825. The van der Waals surface area contributed by atoms with Crippen molar-refractivity contribution in [1.29, 1.82) is 0 Å². The monoisotopic (exact) mass is 275 g/mol. The molecule has 3 heteroatoms. The minimum absolute atomic E-state index is 0.375. The second kappa shape index (κ2) is 6.59. The van der Waals surface area contributed by atoms with E-state index < -0.39 is 0 Å². The largest absolute Gasteiger partial charge is 0.372 e. The van der Waals surface area contributed by atoms with Gasteiger partial charge in [-0.2, -0.15) is 0 Å². The SMILES string of the molecule is CCNCc1ccccc1N(C)CC1(N(C)C)CCC1. The third-order valence-corrected chi connectivity index (χ3v) is 4.73. The molecule has 1 aliphatic rings. The molecule has 0 unspecified atom stereocenters. The van der Waals surface area contributed by atoms with Crippen LogP contribution in [0.3, 0.4) is 0 Å². The molecule has 2 rings (SSSR count). The van der Waals surface area contributed by atoms with Crippen LogP contribution in [0.1, 0.15) is 31.7 Å². The highest BCUT2D eigenvalue weighted by Crippen LogP contribution is 2.37. The standard InChI is InChI=1S/C17H29N3/c1-5-18-13-15-9-6-7-10-16(15)20(4)14-17(19(2)3)11-8-12-17/h6-7,9-10,18H,5,8,11-14H2,1-4H3. The lowest BCUT2D eigenvalue weighted by Crippen LogP contribution is -2.56. The minimum atomic E-state index is 0.375. The molecule has 1 fully saturated rings. The van der Waals surface area contributed by atoms with E-state index in [1.807, 2.05) is 0 Å². The maximum Gasteiger partial charge on any atom is 0.0409 e. The zero-order valence-electron chi connectivity index (χ0n) is 13.4. The molecule has 0 atom stereocenters. The van der Waals surface area contributed by atoms with Crippen LogP contribution in [-0.4, -0.2) is 44.7 Å². The summed E-state index contributed by atoms with van der Waals surface area (Å²) in [4.78, 5) is 4.85. The first kappa shape index (κ1) is 15.3. The van der Waals surface area contributed by atoms with Crippen molar-refractivity contribution in [3.63, 3.8) is 0 Å². The van der Waals surface area contributed by atoms with Crippen LogP contribution in [0.25, 0.3) is 0 Å². The number of nitrogens with one attached hydrogen (secondary N) is 1. The van der Waals surface area contributed by atoms with Gasteiger partial charge in [-0.1, -0.05) is 25.1 Å². The number of hydrogen-bond donors (Lipinski definition) is 1. The number of likely N-dealkylation sites (N-methyl/N-ethyl adjacent to an activating group) is 2. The van der Waals surface area contributed by atoms with Gasteiger partial charge in [0.2, 0.25) is 0 Å². The molecular formula is C17H29N3. The first-order valence-corrected chi connectivity index (χ1v) is 7.76. The summed E-state index contributed by atoms with van der Waals surface area (Å²) in [5.74, 6) is 0. The van der Waals surface area contributed by atoms with Crippen molar-refractivity contribution >= 4 is 5.69 Å². The van der Waals surface area contributed by atoms with Gasteiger partial charge in [-0.15, -0.1) is 0 Å². The molecule has 20 heavy (non-hydrogen) atoms. The van der Waals surface area contributed by atoms with Crippen LogP contribution in [0.2, 0.25) is 0 Å². The maximum absolute atomic E-state index is 3.44. The van der Waals surface area contributed by atoms with E-state index >= 15 is 0 Å². The molecule has 0 aromatic heterocycles. The molecule has 1 N–H and O–H groups in total. The van der Waals surface area contributed by atoms with Gasteiger partial charge in [0.15, 0.2) is 0 Å². The van der Waals surface area contributed by atoms with Crippen molar-refractivity contribution in [3.8, 4) is 0 Å². The summed E-state index contributed by atoms with van der Waals surface area (Å²) in [6.07, 6.45) is 4.00. The topological polar surface area (TPSA) is 18.5 Å².